The van der Waals surface area contributed by atoms with Crippen LogP contribution >= 0.6 is 0 Å². The predicted octanol–water partition coefficient (Wildman–Crippen LogP) is 1.46. The normalized spacial score (nSPS) is 21.8. The molecule has 106 valence electrons. The van der Waals surface area contributed by atoms with Crippen LogP contribution in [0.5, 0.6) is 0 Å². The van der Waals surface area contributed by atoms with E-state index in [9.17, 15) is 8.78 Å². The van der Waals surface area contributed by atoms with Gasteiger partial charge in [0.2, 0.25) is 0 Å². The molecule has 1 heterocycles. The zero-order chi connectivity index (χ0) is 13.8. The highest BCUT2D eigenvalue weighted by Gasteiger charge is 2.25. The zero-order valence-electron chi connectivity index (χ0n) is 11.1. The Morgan fingerprint density at radius 2 is 1.95 bits per heavy atom. The molecule has 0 radical (unpaired) electrons. The summed E-state index contributed by atoms with van der Waals surface area (Å²) < 4.78 is 27.2. The van der Waals surface area contributed by atoms with Crippen LogP contribution in [-0.4, -0.2) is 54.2 Å². The van der Waals surface area contributed by atoms with Gasteiger partial charge in [-0.2, -0.15) is 0 Å². The lowest BCUT2D eigenvalue weighted by molar-refractivity contribution is 0.0730. The Labute approximate surface area is 112 Å². The Bertz CT molecular complexity index is 408. The molecule has 1 aromatic carbocycles. The van der Waals surface area contributed by atoms with Gasteiger partial charge < -0.3 is 10.0 Å². The number of nitrogens with zero attached hydrogens (tertiary/aromatic N) is 2. The number of aliphatic hydroxyl groups is 1. The molecule has 0 spiro atoms. The molecule has 0 amide bonds. The Balaban J connectivity index is 2.03. The van der Waals surface area contributed by atoms with Crippen molar-refractivity contribution in [3.05, 3.63) is 35.4 Å². The Morgan fingerprint density at radius 1 is 1.26 bits per heavy atom. The number of aliphatic hydroxyl groups excluding tert-OH is 1. The summed E-state index contributed by atoms with van der Waals surface area (Å²) in [6.07, 6.45) is 0.687. The van der Waals surface area contributed by atoms with Gasteiger partial charge in [0, 0.05) is 44.4 Å². The summed E-state index contributed by atoms with van der Waals surface area (Å²) in [4.78, 5) is 4.23. The van der Waals surface area contributed by atoms with Gasteiger partial charge in [-0.1, -0.05) is 6.07 Å². The average molecular weight is 270 g/mol. The first-order valence-electron chi connectivity index (χ1n) is 6.58. The molecule has 1 aliphatic heterocycles. The van der Waals surface area contributed by atoms with E-state index >= 15 is 0 Å². The standard InChI is InChI=1S/C14H20F2N2O/c1-17-6-7-18(9-11(17)5-8-19)10-12-13(15)3-2-4-14(12)16/h2-4,11,19H,5-10H2,1H3. The number of piperazine rings is 1. The third-order valence-corrected chi connectivity index (χ3v) is 3.77. The van der Waals surface area contributed by atoms with Gasteiger partial charge in [0.1, 0.15) is 11.6 Å². The molecule has 3 nitrogen and oxygen atoms in total. The molecule has 0 aliphatic carbocycles. The lowest BCUT2D eigenvalue weighted by Crippen LogP contribution is -2.51. The molecule has 0 aromatic heterocycles. The maximum absolute atomic E-state index is 13.6. The van der Waals surface area contributed by atoms with Crippen molar-refractivity contribution in [1.82, 2.24) is 9.80 Å². The van der Waals surface area contributed by atoms with Crippen molar-refractivity contribution in [3.8, 4) is 0 Å². The summed E-state index contributed by atoms with van der Waals surface area (Å²) in [7, 11) is 2.02. The van der Waals surface area contributed by atoms with Gasteiger partial charge in [-0.15, -0.1) is 0 Å². The van der Waals surface area contributed by atoms with Crippen molar-refractivity contribution in [2.45, 2.75) is 19.0 Å². The Kier molecular flexibility index (Phi) is 4.85. The Hall–Kier alpha value is -1.04. The van der Waals surface area contributed by atoms with Gasteiger partial charge in [0.05, 0.1) is 0 Å². The van der Waals surface area contributed by atoms with E-state index in [1.165, 1.54) is 18.2 Å². The van der Waals surface area contributed by atoms with Crippen LogP contribution in [0.2, 0.25) is 0 Å². The van der Waals surface area contributed by atoms with Crippen LogP contribution in [0.1, 0.15) is 12.0 Å². The van der Waals surface area contributed by atoms with Crippen molar-refractivity contribution >= 4 is 0 Å². The van der Waals surface area contributed by atoms with Crippen molar-refractivity contribution < 1.29 is 13.9 Å². The van der Waals surface area contributed by atoms with Crippen LogP contribution < -0.4 is 0 Å². The number of rotatable bonds is 4. The number of hydrogen-bond acceptors (Lipinski definition) is 3. The molecule has 19 heavy (non-hydrogen) atoms. The lowest BCUT2D eigenvalue weighted by atomic mass is 10.1. The van der Waals surface area contributed by atoms with Crippen LogP contribution in [0.15, 0.2) is 18.2 Å². The first-order valence-corrected chi connectivity index (χ1v) is 6.58. The summed E-state index contributed by atoms with van der Waals surface area (Å²) in [5, 5.41) is 9.04. The van der Waals surface area contributed by atoms with Crippen molar-refractivity contribution in [1.29, 1.82) is 0 Å². The molecule has 5 heteroatoms. The van der Waals surface area contributed by atoms with Crippen molar-refractivity contribution in [2.24, 2.45) is 0 Å². The molecule has 0 saturated carbocycles. The van der Waals surface area contributed by atoms with E-state index in [-0.39, 0.29) is 24.8 Å². The van der Waals surface area contributed by atoms with Crippen LogP contribution in [0.25, 0.3) is 0 Å². The van der Waals surface area contributed by atoms with Crippen LogP contribution in [0.3, 0.4) is 0 Å². The van der Waals surface area contributed by atoms with Gasteiger partial charge in [-0.3, -0.25) is 4.90 Å². The van der Waals surface area contributed by atoms with Crippen LogP contribution in [-0.2, 0) is 6.54 Å². The van der Waals surface area contributed by atoms with Crippen molar-refractivity contribution in [2.75, 3.05) is 33.3 Å². The van der Waals surface area contributed by atoms with Gasteiger partial charge >= 0.3 is 0 Å². The molecule has 1 aliphatic rings. The lowest BCUT2D eigenvalue weighted by Gasteiger charge is -2.39. The van der Waals surface area contributed by atoms with E-state index in [0.29, 0.717) is 6.42 Å². The average Bonchev–Trinajstić information content (AvgIpc) is 2.38. The van der Waals surface area contributed by atoms with Crippen molar-refractivity contribution in [3.63, 3.8) is 0 Å². The second-order valence-corrected chi connectivity index (χ2v) is 5.08. The monoisotopic (exact) mass is 270 g/mol. The van der Waals surface area contributed by atoms with Gasteiger partial charge in [-0.05, 0) is 25.6 Å². The van der Waals surface area contributed by atoms with Gasteiger partial charge in [0.25, 0.3) is 0 Å². The smallest absolute Gasteiger partial charge is 0.130 e. The highest BCUT2D eigenvalue weighted by molar-refractivity contribution is 5.19. The predicted molar refractivity (Wildman–Crippen MR) is 69.8 cm³/mol. The quantitative estimate of drug-likeness (QED) is 0.897. The molecule has 1 aromatic rings. The van der Waals surface area contributed by atoms with Crippen LogP contribution in [0.4, 0.5) is 8.78 Å². The second-order valence-electron chi connectivity index (χ2n) is 5.08. The first kappa shape index (κ1) is 14.4. The molecule has 2 rings (SSSR count). The maximum Gasteiger partial charge on any atom is 0.130 e. The third-order valence-electron chi connectivity index (χ3n) is 3.77. The number of benzene rings is 1. The summed E-state index contributed by atoms with van der Waals surface area (Å²) in [5.41, 5.74) is 0.134. The SMILES string of the molecule is CN1CCN(Cc2c(F)cccc2F)CC1CCO. The number of halogens is 2. The molecule has 1 N–H and O–H groups in total. The fourth-order valence-electron chi connectivity index (χ4n) is 2.52. The summed E-state index contributed by atoms with van der Waals surface area (Å²) in [6.45, 7) is 2.78. The molecule has 1 unspecified atom stereocenters. The van der Waals surface area contributed by atoms with Gasteiger partial charge in [-0.25, -0.2) is 8.78 Å². The van der Waals surface area contributed by atoms with Gasteiger partial charge in [0.15, 0.2) is 0 Å². The minimum absolute atomic E-state index is 0.134. The molecular weight excluding hydrogens is 250 g/mol. The second kappa shape index (κ2) is 6.41. The number of likely N-dealkylation sites (N-methyl/N-ethyl adjacent to an activating group) is 1. The highest BCUT2D eigenvalue weighted by atomic mass is 19.1. The van der Waals surface area contributed by atoms with E-state index in [2.05, 4.69) is 4.90 Å². The molecule has 1 atom stereocenters. The molecule has 1 saturated heterocycles. The fourth-order valence-corrected chi connectivity index (χ4v) is 2.52. The minimum atomic E-state index is -0.488. The van der Waals surface area contributed by atoms with E-state index in [4.69, 9.17) is 5.11 Å². The largest absolute Gasteiger partial charge is 0.396 e. The minimum Gasteiger partial charge on any atom is -0.396 e. The maximum atomic E-state index is 13.6. The Morgan fingerprint density at radius 3 is 2.58 bits per heavy atom. The number of hydrogen-bond donors (Lipinski definition) is 1. The summed E-state index contributed by atoms with van der Waals surface area (Å²) in [5.74, 6) is -0.977. The topological polar surface area (TPSA) is 26.7 Å². The van der Waals surface area contributed by atoms with E-state index in [1.807, 2.05) is 11.9 Å². The highest BCUT2D eigenvalue weighted by Crippen LogP contribution is 2.18. The van der Waals surface area contributed by atoms with E-state index < -0.39 is 11.6 Å². The fraction of sp³-hybridized carbons (Fsp3) is 0.571. The summed E-state index contributed by atoms with van der Waals surface area (Å²) >= 11 is 0. The molecular formula is C14H20F2N2O. The molecule has 1 fully saturated rings. The van der Waals surface area contributed by atoms with E-state index in [0.717, 1.165) is 19.6 Å². The molecule has 0 bridgehead atoms. The van der Waals surface area contributed by atoms with Crippen LogP contribution in [0, 0.1) is 11.6 Å². The third kappa shape index (κ3) is 3.49. The zero-order valence-corrected chi connectivity index (χ0v) is 11.1. The first-order chi connectivity index (χ1) is 9.11. The van der Waals surface area contributed by atoms with E-state index in [1.54, 1.807) is 0 Å². The summed E-state index contributed by atoms with van der Waals surface area (Å²) in [6, 6.07) is 4.21.